The maximum atomic E-state index is 5.77. The summed E-state index contributed by atoms with van der Waals surface area (Å²) in [5.41, 5.74) is 6.22. The van der Waals surface area contributed by atoms with Gasteiger partial charge in [-0.25, -0.2) is 0 Å². The summed E-state index contributed by atoms with van der Waals surface area (Å²) in [6.07, 6.45) is 0.737. The van der Waals surface area contributed by atoms with E-state index in [1.54, 1.807) is 0 Å². The van der Waals surface area contributed by atoms with E-state index in [0.717, 1.165) is 27.7 Å². The number of rotatable bonds is 4. The molecule has 0 fully saturated rings. The van der Waals surface area contributed by atoms with Crippen molar-refractivity contribution in [1.29, 1.82) is 0 Å². The largest absolute Gasteiger partial charge is 0.271 e. The number of aromatic nitrogens is 2. The van der Waals surface area contributed by atoms with Crippen LogP contribution in [0.25, 0.3) is 10.9 Å². The lowest BCUT2D eigenvalue weighted by molar-refractivity contribution is 0.541. The van der Waals surface area contributed by atoms with Gasteiger partial charge in [0.1, 0.15) is 0 Å². The van der Waals surface area contributed by atoms with Crippen molar-refractivity contribution in [3.63, 3.8) is 0 Å². The van der Waals surface area contributed by atoms with Gasteiger partial charge in [-0.2, -0.15) is 5.10 Å². The van der Waals surface area contributed by atoms with Crippen molar-refractivity contribution >= 4 is 26.8 Å². The highest BCUT2D eigenvalue weighted by Crippen LogP contribution is 2.27. The number of aryl methyl sites for hydroxylation is 1. The first kappa shape index (κ1) is 14.3. The molecule has 3 rings (SSSR count). The molecule has 0 amide bonds. The minimum atomic E-state index is 0.0129. The number of benzene rings is 2. The summed E-state index contributed by atoms with van der Waals surface area (Å²) in [6.45, 7) is 0. The van der Waals surface area contributed by atoms with E-state index in [4.69, 9.17) is 5.84 Å². The molecule has 4 nitrogen and oxygen atoms in total. The van der Waals surface area contributed by atoms with E-state index >= 15 is 0 Å². The molecule has 0 saturated heterocycles. The van der Waals surface area contributed by atoms with Gasteiger partial charge in [-0.1, -0.05) is 52.3 Å². The molecular formula is C16H17BrN4. The molecule has 0 saturated carbocycles. The van der Waals surface area contributed by atoms with Gasteiger partial charge in [-0.15, -0.1) is 0 Å². The van der Waals surface area contributed by atoms with Crippen LogP contribution in [0.3, 0.4) is 0 Å². The van der Waals surface area contributed by atoms with E-state index in [0.29, 0.717) is 0 Å². The maximum absolute atomic E-state index is 5.77. The van der Waals surface area contributed by atoms with E-state index in [9.17, 15) is 0 Å². The Morgan fingerprint density at radius 3 is 2.67 bits per heavy atom. The topological polar surface area (TPSA) is 55.9 Å². The first-order chi connectivity index (χ1) is 10.2. The standard InChI is InChI=1S/C16H17BrN4/c1-21-16-9-5-3-7-12(16)15(20-21)10-14(19-18)11-6-2-4-8-13(11)17/h2-9,14,19H,10,18H2,1H3. The van der Waals surface area contributed by atoms with Gasteiger partial charge in [0.05, 0.1) is 17.3 Å². The summed E-state index contributed by atoms with van der Waals surface area (Å²) in [5.74, 6) is 5.77. The Kier molecular flexibility index (Phi) is 4.05. The predicted molar refractivity (Wildman–Crippen MR) is 88.6 cm³/mol. The van der Waals surface area contributed by atoms with Crippen molar-refractivity contribution in [2.75, 3.05) is 0 Å². The fourth-order valence-corrected chi connectivity index (χ4v) is 3.21. The Morgan fingerprint density at radius 1 is 1.19 bits per heavy atom. The molecule has 1 heterocycles. The summed E-state index contributed by atoms with van der Waals surface area (Å²) < 4.78 is 2.96. The molecule has 0 aliphatic rings. The number of nitrogens with two attached hydrogens (primary N) is 1. The monoisotopic (exact) mass is 344 g/mol. The minimum Gasteiger partial charge on any atom is -0.271 e. The third kappa shape index (κ3) is 2.72. The SMILES string of the molecule is Cn1nc(CC(NN)c2ccccc2Br)c2ccccc21. The van der Waals surface area contributed by atoms with E-state index in [-0.39, 0.29) is 6.04 Å². The van der Waals surface area contributed by atoms with Crippen LogP contribution in [0, 0.1) is 0 Å². The molecule has 2 aromatic carbocycles. The summed E-state index contributed by atoms with van der Waals surface area (Å²) in [7, 11) is 1.97. The first-order valence-electron chi connectivity index (χ1n) is 6.82. The van der Waals surface area contributed by atoms with Gasteiger partial charge < -0.3 is 0 Å². The van der Waals surface area contributed by atoms with E-state index in [1.165, 1.54) is 5.39 Å². The lowest BCUT2D eigenvalue weighted by Crippen LogP contribution is -2.30. The van der Waals surface area contributed by atoms with Gasteiger partial charge in [0.15, 0.2) is 0 Å². The molecule has 3 aromatic rings. The number of nitrogens with zero attached hydrogens (tertiary/aromatic N) is 2. The molecule has 0 aliphatic heterocycles. The molecule has 21 heavy (non-hydrogen) atoms. The highest BCUT2D eigenvalue weighted by molar-refractivity contribution is 9.10. The van der Waals surface area contributed by atoms with Gasteiger partial charge in [0.25, 0.3) is 0 Å². The highest BCUT2D eigenvalue weighted by atomic mass is 79.9. The molecule has 0 spiro atoms. The van der Waals surface area contributed by atoms with Crippen molar-refractivity contribution in [3.05, 3.63) is 64.3 Å². The average molecular weight is 345 g/mol. The number of para-hydroxylation sites is 1. The molecule has 0 bridgehead atoms. The van der Waals surface area contributed by atoms with Crippen LogP contribution in [-0.4, -0.2) is 9.78 Å². The van der Waals surface area contributed by atoms with Crippen LogP contribution in [0.1, 0.15) is 17.3 Å². The number of hydrogen-bond donors (Lipinski definition) is 2. The normalized spacial score (nSPS) is 12.7. The van der Waals surface area contributed by atoms with Crippen LogP contribution in [0.2, 0.25) is 0 Å². The van der Waals surface area contributed by atoms with E-state index in [1.807, 2.05) is 42.1 Å². The summed E-state index contributed by atoms with van der Waals surface area (Å²) in [4.78, 5) is 0. The van der Waals surface area contributed by atoms with E-state index < -0.39 is 0 Å². The van der Waals surface area contributed by atoms with Gasteiger partial charge in [-0.3, -0.25) is 16.0 Å². The Morgan fingerprint density at radius 2 is 1.90 bits per heavy atom. The molecule has 3 N–H and O–H groups in total. The smallest absolute Gasteiger partial charge is 0.0722 e. The number of fused-ring (bicyclic) bond motifs is 1. The minimum absolute atomic E-state index is 0.0129. The number of hydrazine groups is 1. The van der Waals surface area contributed by atoms with Crippen LogP contribution in [0.15, 0.2) is 53.0 Å². The Balaban J connectivity index is 1.99. The maximum Gasteiger partial charge on any atom is 0.0722 e. The molecule has 0 radical (unpaired) electrons. The second-order valence-electron chi connectivity index (χ2n) is 5.03. The molecule has 1 unspecified atom stereocenters. The fourth-order valence-electron chi connectivity index (χ4n) is 2.65. The number of hydrogen-bond acceptors (Lipinski definition) is 3. The van der Waals surface area contributed by atoms with Gasteiger partial charge >= 0.3 is 0 Å². The Labute approximate surface area is 132 Å². The zero-order valence-corrected chi connectivity index (χ0v) is 13.3. The van der Waals surface area contributed by atoms with Gasteiger partial charge in [-0.05, 0) is 17.7 Å². The van der Waals surface area contributed by atoms with Crippen molar-refractivity contribution < 1.29 is 0 Å². The van der Waals surface area contributed by atoms with Crippen LogP contribution in [0.4, 0.5) is 0 Å². The summed E-state index contributed by atoms with van der Waals surface area (Å²) in [6, 6.07) is 16.4. The zero-order chi connectivity index (χ0) is 14.8. The van der Waals surface area contributed by atoms with Crippen molar-refractivity contribution in [3.8, 4) is 0 Å². The lowest BCUT2D eigenvalue weighted by atomic mass is 10.0. The van der Waals surface area contributed by atoms with Crippen LogP contribution >= 0.6 is 15.9 Å². The van der Waals surface area contributed by atoms with Crippen LogP contribution < -0.4 is 11.3 Å². The third-order valence-electron chi connectivity index (χ3n) is 3.71. The predicted octanol–water partition coefficient (Wildman–Crippen LogP) is 3.08. The Bertz CT molecular complexity index is 766. The first-order valence-corrected chi connectivity index (χ1v) is 7.61. The lowest BCUT2D eigenvalue weighted by Gasteiger charge is -2.16. The van der Waals surface area contributed by atoms with Crippen molar-refractivity contribution in [2.45, 2.75) is 12.5 Å². The summed E-state index contributed by atoms with van der Waals surface area (Å²) in [5, 5.41) is 5.81. The van der Waals surface area contributed by atoms with Crippen molar-refractivity contribution in [1.82, 2.24) is 15.2 Å². The fraction of sp³-hybridized carbons (Fsp3) is 0.188. The van der Waals surface area contributed by atoms with Crippen molar-refractivity contribution in [2.24, 2.45) is 12.9 Å². The second kappa shape index (κ2) is 5.97. The van der Waals surface area contributed by atoms with Crippen LogP contribution in [-0.2, 0) is 13.5 Å². The zero-order valence-electron chi connectivity index (χ0n) is 11.8. The average Bonchev–Trinajstić information content (AvgIpc) is 2.82. The highest BCUT2D eigenvalue weighted by Gasteiger charge is 2.17. The number of nitrogens with one attached hydrogen (secondary N) is 1. The Hall–Kier alpha value is -1.69. The van der Waals surface area contributed by atoms with Crippen LogP contribution in [0.5, 0.6) is 0 Å². The molecule has 1 atom stereocenters. The van der Waals surface area contributed by atoms with E-state index in [2.05, 4.69) is 44.7 Å². The molecule has 1 aromatic heterocycles. The second-order valence-corrected chi connectivity index (χ2v) is 5.89. The summed E-state index contributed by atoms with van der Waals surface area (Å²) >= 11 is 3.58. The molecule has 108 valence electrons. The molecular weight excluding hydrogens is 328 g/mol. The quantitative estimate of drug-likeness (QED) is 0.564. The number of halogens is 1. The third-order valence-corrected chi connectivity index (χ3v) is 4.44. The molecule has 0 aliphatic carbocycles. The van der Waals surface area contributed by atoms with Gasteiger partial charge in [0, 0.05) is 23.3 Å². The van der Waals surface area contributed by atoms with Gasteiger partial charge in [0.2, 0.25) is 0 Å². The molecule has 5 heteroatoms.